The Kier molecular flexibility index (Phi) is 3.25. The largest absolute Gasteiger partial charge is 0.481 e. The van der Waals surface area contributed by atoms with E-state index in [-0.39, 0.29) is 18.1 Å². The van der Waals surface area contributed by atoms with Gasteiger partial charge < -0.3 is 9.52 Å². The molecule has 0 aliphatic carbocycles. The molecule has 1 aliphatic heterocycles. The van der Waals surface area contributed by atoms with Gasteiger partial charge in [-0.2, -0.15) is 0 Å². The molecule has 1 aromatic heterocycles. The minimum absolute atomic E-state index is 0.0136. The molecule has 1 unspecified atom stereocenters. The number of benzene rings is 1. The van der Waals surface area contributed by atoms with E-state index in [0.717, 1.165) is 6.42 Å². The number of carboxylic acids is 1. The monoisotopic (exact) mass is 276 g/mol. The van der Waals surface area contributed by atoms with E-state index in [1.54, 1.807) is 11.8 Å². The Bertz CT molecular complexity index is 586. The summed E-state index contributed by atoms with van der Waals surface area (Å²) in [5.74, 6) is 0.123. The minimum Gasteiger partial charge on any atom is -0.481 e. The van der Waals surface area contributed by atoms with Crippen LogP contribution < -0.4 is 0 Å². The fourth-order valence-electron chi connectivity index (χ4n) is 2.03. The number of carbonyl (C=O) groups is 1. The second-order valence-electron chi connectivity index (χ2n) is 4.35. The number of aryl methyl sites for hydroxylation is 1. The lowest BCUT2D eigenvalue weighted by molar-refractivity contribution is -0.137. The molecule has 1 aliphatic rings. The highest BCUT2D eigenvalue weighted by Crippen LogP contribution is 2.45. The quantitative estimate of drug-likeness (QED) is 0.924. The van der Waals surface area contributed by atoms with E-state index in [2.05, 4.69) is 22.3 Å². The highest BCUT2D eigenvalue weighted by atomic mass is 32.2. The van der Waals surface area contributed by atoms with Crippen molar-refractivity contribution in [3.8, 4) is 0 Å². The van der Waals surface area contributed by atoms with Gasteiger partial charge in [0.05, 0.1) is 11.7 Å². The molecule has 0 spiro atoms. The molecule has 1 N–H and O–H groups in total. The molecule has 1 atom stereocenters. The molecule has 2 heterocycles. The topological polar surface area (TPSA) is 76.2 Å². The van der Waals surface area contributed by atoms with Crippen LogP contribution in [0.2, 0.25) is 0 Å². The predicted octanol–water partition coefficient (Wildman–Crippen LogP) is 2.48. The maximum atomic E-state index is 10.5. The Morgan fingerprint density at radius 3 is 3.05 bits per heavy atom. The van der Waals surface area contributed by atoms with Gasteiger partial charge in [-0.1, -0.05) is 18.2 Å². The molecule has 98 valence electrons. The number of hydrogen-bond acceptors (Lipinski definition) is 5. The van der Waals surface area contributed by atoms with E-state index in [1.807, 2.05) is 12.1 Å². The number of thioether (sulfide) groups is 1. The zero-order valence-corrected chi connectivity index (χ0v) is 10.9. The van der Waals surface area contributed by atoms with Crippen LogP contribution >= 0.6 is 11.8 Å². The Hall–Kier alpha value is -1.82. The first-order valence-electron chi connectivity index (χ1n) is 6.01. The standard InChI is InChI=1S/C13H12N2O3S/c16-12(17)6-5-11-14-15-13(18-11)10-7-8-3-1-2-4-9(8)19-10/h1-4,10H,5-7H2,(H,16,17). The number of aromatic nitrogens is 2. The van der Waals surface area contributed by atoms with E-state index in [9.17, 15) is 4.79 Å². The van der Waals surface area contributed by atoms with Crippen LogP contribution in [0.1, 0.15) is 29.0 Å². The van der Waals surface area contributed by atoms with Crippen molar-refractivity contribution < 1.29 is 14.3 Å². The number of nitrogens with zero attached hydrogens (tertiary/aromatic N) is 2. The van der Waals surface area contributed by atoms with Gasteiger partial charge in [0.15, 0.2) is 0 Å². The van der Waals surface area contributed by atoms with E-state index in [0.29, 0.717) is 11.8 Å². The van der Waals surface area contributed by atoms with Gasteiger partial charge in [-0.25, -0.2) is 0 Å². The van der Waals surface area contributed by atoms with Gasteiger partial charge in [0.2, 0.25) is 11.8 Å². The van der Waals surface area contributed by atoms with Crippen molar-refractivity contribution in [2.75, 3.05) is 0 Å². The SMILES string of the molecule is O=C(O)CCc1nnc(C2Cc3ccccc3S2)o1. The summed E-state index contributed by atoms with van der Waals surface area (Å²) in [4.78, 5) is 11.7. The van der Waals surface area contributed by atoms with Gasteiger partial charge in [0, 0.05) is 11.3 Å². The lowest BCUT2D eigenvalue weighted by Crippen LogP contribution is -1.97. The third kappa shape index (κ3) is 2.63. The van der Waals surface area contributed by atoms with Crippen LogP contribution in [-0.2, 0) is 17.6 Å². The number of hydrogen-bond donors (Lipinski definition) is 1. The molecule has 0 saturated carbocycles. The summed E-state index contributed by atoms with van der Waals surface area (Å²) in [7, 11) is 0. The maximum absolute atomic E-state index is 10.5. The summed E-state index contributed by atoms with van der Waals surface area (Å²) in [6.07, 6.45) is 1.17. The minimum atomic E-state index is -0.859. The van der Waals surface area contributed by atoms with E-state index in [1.165, 1.54) is 10.5 Å². The number of carboxylic acid groups (broad SMARTS) is 1. The molecular weight excluding hydrogens is 264 g/mol. The molecule has 0 radical (unpaired) electrons. The van der Waals surface area contributed by atoms with Crippen LogP contribution in [0, 0.1) is 0 Å². The molecule has 0 amide bonds. The molecular formula is C13H12N2O3S. The zero-order valence-electron chi connectivity index (χ0n) is 10.1. The number of rotatable bonds is 4. The zero-order chi connectivity index (χ0) is 13.2. The second-order valence-corrected chi connectivity index (χ2v) is 5.59. The maximum Gasteiger partial charge on any atom is 0.303 e. The van der Waals surface area contributed by atoms with Gasteiger partial charge in [0.25, 0.3) is 0 Å². The first kappa shape index (κ1) is 12.2. The van der Waals surface area contributed by atoms with E-state index in [4.69, 9.17) is 9.52 Å². The molecule has 19 heavy (non-hydrogen) atoms. The molecule has 6 heteroatoms. The Morgan fingerprint density at radius 1 is 1.42 bits per heavy atom. The highest BCUT2D eigenvalue weighted by molar-refractivity contribution is 7.99. The number of fused-ring (bicyclic) bond motifs is 1. The van der Waals surface area contributed by atoms with Crippen molar-refractivity contribution in [3.05, 3.63) is 41.6 Å². The first-order valence-corrected chi connectivity index (χ1v) is 6.89. The molecule has 5 nitrogen and oxygen atoms in total. The predicted molar refractivity (Wildman–Crippen MR) is 69.0 cm³/mol. The van der Waals surface area contributed by atoms with Crippen molar-refractivity contribution in [1.29, 1.82) is 0 Å². The van der Waals surface area contributed by atoms with Gasteiger partial charge in [-0.3, -0.25) is 4.79 Å². The average molecular weight is 276 g/mol. The Labute approximate surface area is 114 Å². The summed E-state index contributed by atoms with van der Waals surface area (Å²) >= 11 is 1.71. The number of aliphatic carboxylic acids is 1. The van der Waals surface area contributed by atoms with Crippen molar-refractivity contribution in [2.45, 2.75) is 29.4 Å². The highest BCUT2D eigenvalue weighted by Gasteiger charge is 2.27. The average Bonchev–Trinajstić information content (AvgIpc) is 3.02. The van der Waals surface area contributed by atoms with Crippen molar-refractivity contribution in [3.63, 3.8) is 0 Å². The summed E-state index contributed by atoms with van der Waals surface area (Å²) in [6, 6.07) is 8.22. The van der Waals surface area contributed by atoms with Crippen LogP contribution in [0.4, 0.5) is 0 Å². The van der Waals surface area contributed by atoms with E-state index >= 15 is 0 Å². The van der Waals surface area contributed by atoms with Crippen LogP contribution in [-0.4, -0.2) is 21.3 Å². The second kappa shape index (κ2) is 5.05. The van der Waals surface area contributed by atoms with Gasteiger partial charge in [-0.15, -0.1) is 22.0 Å². The molecule has 0 fully saturated rings. The molecule has 3 rings (SSSR count). The van der Waals surface area contributed by atoms with Crippen LogP contribution in [0.25, 0.3) is 0 Å². The van der Waals surface area contributed by atoms with Crippen LogP contribution in [0.15, 0.2) is 33.6 Å². The van der Waals surface area contributed by atoms with Gasteiger partial charge in [0.1, 0.15) is 0 Å². The summed E-state index contributed by atoms with van der Waals surface area (Å²) in [5.41, 5.74) is 1.29. The molecule has 1 aromatic carbocycles. The van der Waals surface area contributed by atoms with Crippen molar-refractivity contribution in [2.24, 2.45) is 0 Å². The lowest BCUT2D eigenvalue weighted by atomic mass is 10.1. The van der Waals surface area contributed by atoms with Gasteiger partial charge >= 0.3 is 5.97 Å². The Balaban J connectivity index is 1.70. The first-order chi connectivity index (χ1) is 9.22. The van der Waals surface area contributed by atoms with Crippen LogP contribution in [0.3, 0.4) is 0 Å². The van der Waals surface area contributed by atoms with E-state index < -0.39 is 5.97 Å². The third-order valence-corrected chi connectivity index (χ3v) is 4.26. The van der Waals surface area contributed by atoms with Gasteiger partial charge in [-0.05, 0) is 18.1 Å². The normalized spacial score (nSPS) is 17.4. The third-order valence-electron chi connectivity index (χ3n) is 2.96. The van der Waals surface area contributed by atoms with Crippen LogP contribution in [0.5, 0.6) is 0 Å². The fourth-order valence-corrected chi connectivity index (χ4v) is 3.26. The molecule has 0 bridgehead atoms. The summed E-state index contributed by atoms with van der Waals surface area (Å²) < 4.78 is 5.54. The smallest absolute Gasteiger partial charge is 0.303 e. The van der Waals surface area contributed by atoms with Crippen molar-refractivity contribution >= 4 is 17.7 Å². The molecule has 2 aromatic rings. The summed E-state index contributed by atoms with van der Waals surface area (Å²) in [6.45, 7) is 0. The summed E-state index contributed by atoms with van der Waals surface area (Å²) in [5, 5.41) is 16.7. The fraction of sp³-hybridized carbons (Fsp3) is 0.308. The molecule has 0 saturated heterocycles. The van der Waals surface area contributed by atoms with Crippen molar-refractivity contribution in [1.82, 2.24) is 10.2 Å². The lowest BCUT2D eigenvalue weighted by Gasteiger charge is -2.00. The Morgan fingerprint density at radius 2 is 2.26 bits per heavy atom.